The first kappa shape index (κ1) is 25.0. The third-order valence-corrected chi connectivity index (χ3v) is 6.48. The summed E-state index contributed by atoms with van der Waals surface area (Å²) in [5.41, 5.74) is 2.34. The lowest BCUT2D eigenvalue weighted by atomic mass is 9.93. The number of anilines is 1. The molecule has 0 spiro atoms. The lowest BCUT2D eigenvalue weighted by Crippen LogP contribution is -2.44. The summed E-state index contributed by atoms with van der Waals surface area (Å²) in [5, 5.41) is 14.3. The summed E-state index contributed by atoms with van der Waals surface area (Å²) in [7, 11) is 0. The summed E-state index contributed by atoms with van der Waals surface area (Å²) in [6, 6.07) is 19.2. The second kappa shape index (κ2) is 12.1. The molecule has 0 bridgehead atoms. The van der Waals surface area contributed by atoms with Crippen LogP contribution < -0.4 is 10.6 Å². The Morgan fingerprint density at radius 1 is 0.917 bits per heavy atom. The molecule has 4 rings (SSSR count). The number of furan rings is 1. The van der Waals surface area contributed by atoms with Crippen LogP contribution in [0.3, 0.4) is 0 Å². The van der Waals surface area contributed by atoms with Gasteiger partial charge in [-0.1, -0.05) is 61.7 Å². The highest BCUT2D eigenvalue weighted by atomic mass is 16.4. The Morgan fingerprint density at radius 2 is 1.64 bits per heavy atom. The van der Waals surface area contributed by atoms with Crippen molar-refractivity contribution in [1.82, 2.24) is 10.2 Å². The van der Waals surface area contributed by atoms with Crippen molar-refractivity contribution >= 4 is 23.6 Å². The van der Waals surface area contributed by atoms with Gasteiger partial charge in [-0.25, -0.2) is 4.79 Å². The van der Waals surface area contributed by atoms with Gasteiger partial charge in [0.05, 0.1) is 6.26 Å². The molecule has 8 heteroatoms. The maximum absolute atomic E-state index is 13.2. The molecular weight excluding hydrogens is 458 g/mol. The highest BCUT2D eigenvalue weighted by molar-refractivity contribution is 5.96. The molecule has 0 radical (unpaired) electrons. The van der Waals surface area contributed by atoms with E-state index in [1.807, 2.05) is 47.4 Å². The molecule has 2 aromatic carbocycles. The van der Waals surface area contributed by atoms with Gasteiger partial charge in [-0.15, -0.1) is 0 Å². The largest absolute Gasteiger partial charge is 0.465 e. The average Bonchev–Trinajstić information content (AvgIpc) is 3.43. The monoisotopic (exact) mass is 489 g/mol. The van der Waals surface area contributed by atoms with E-state index in [1.165, 1.54) is 12.7 Å². The molecule has 1 unspecified atom stereocenters. The Hall–Kier alpha value is -4.07. The van der Waals surface area contributed by atoms with E-state index in [0.717, 1.165) is 36.8 Å². The van der Waals surface area contributed by atoms with Crippen LogP contribution in [0.2, 0.25) is 0 Å². The predicted octanol–water partition coefficient (Wildman–Crippen LogP) is 5.07. The maximum atomic E-state index is 13.2. The third kappa shape index (κ3) is 6.75. The number of carbonyl (C=O) groups is 3. The number of amides is 3. The van der Waals surface area contributed by atoms with Crippen molar-refractivity contribution < 1.29 is 23.9 Å². The number of nitrogens with zero attached hydrogens (tertiary/aromatic N) is 1. The Morgan fingerprint density at radius 3 is 2.28 bits per heavy atom. The molecule has 1 aliphatic rings. The van der Waals surface area contributed by atoms with Gasteiger partial charge in [-0.2, -0.15) is 0 Å². The fourth-order valence-corrected chi connectivity index (χ4v) is 4.63. The fourth-order valence-electron chi connectivity index (χ4n) is 4.63. The summed E-state index contributed by atoms with van der Waals surface area (Å²) in [6.45, 7) is 0.440. The van der Waals surface area contributed by atoms with Crippen molar-refractivity contribution in [2.45, 2.75) is 57.2 Å². The molecule has 1 fully saturated rings. The van der Waals surface area contributed by atoms with E-state index in [-0.39, 0.29) is 18.4 Å². The van der Waals surface area contributed by atoms with Crippen molar-refractivity contribution in [3.63, 3.8) is 0 Å². The van der Waals surface area contributed by atoms with E-state index >= 15 is 0 Å². The number of carbonyl (C=O) groups excluding carboxylic acids is 2. The molecule has 1 atom stereocenters. The van der Waals surface area contributed by atoms with Crippen molar-refractivity contribution in [3.05, 3.63) is 89.9 Å². The van der Waals surface area contributed by atoms with Gasteiger partial charge in [0.1, 0.15) is 6.04 Å². The summed E-state index contributed by atoms with van der Waals surface area (Å²) < 4.78 is 5.37. The Bertz CT molecular complexity index is 1140. The molecule has 0 saturated heterocycles. The van der Waals surface area contributed by atoms with Crippen molar-refractivity contribution in [2.24, 2.45) is 0 Å². The van der Waals surface area contributed by atoms with E-state index in [1.54, 1.807) is 24.3 Å². The van der Waals surface area contributed by atoms with E-state index < -0.39 is 18.0 Å². The average molecular weight is 490 g/mol. The van der Waals surface area contributed by atoms with Gasteiger partial charge in [0.25, 0.3) is 5.91 Å². The maximum Gasteiger partial charge on any atom is 0.405 e. The SMILES string of the molecule is O=C(O)NC(Cc1ccccc1)C(=O)Nc1ccc(CN(C(=O)c2ccco2)C2CCCCC2)cc1. The van der Waals surface area contributed by atoms with Gasteiger partial charge in [0.2, 0.25) is 5.91 Å². The van der Waals surface area contributed by atoms with E-state index in [0.29, 0.717) is 18.0 Å². The lowest BCUT2D eigenvalue weighted by Gasteiger charge is -2.34. The van der Waals surface area contributed by atoms with Crippen LogP contribution in [0.4, 0.5) is 10.5 Å². The molecule has 8 nitrogen and oxygen atoms in total. The number of hydrogen-bond acceptors (Lipinski definition) is 4. The van der Waals surface area contributed by atoms with Crippen LogP contribution in [-0.4, -0.2) is 40.0 Å². The van der Waals surface area contributed by atoms with Gasteiger partial charge >= 0.3 is 6.09 Å². The minimum absolute atomic E-state index is 0.118. The number of hydrogen-bond donors (Lipinski definition) is 3. The highest BCUT2D eigenvalue weighted by Crippen LogP contribution is 2.26. The van der Waals surface area contributed by atoms with Crippen LogP contribution >= 0.6 is 0 Å². The molecule has 3 aromatic rings. The highest BCUT2D eigenvalue weighted by Gasteiger charge is 2.28. The molecule has 188 valence electrons. The molecular formula is C28H31N3O5. The summed E-state index contributed by atoms with van der Waals surface area (Å²) in [6.07, 6.45) is 5.83. The number of benzene rings is 2. The summed E-state index contributed by atoms with van der Waals surface area (Å²) in [5.74, 6) is -0.224. The number of nitrogens with one attached hydrogen (secondary N) is 2. The first-order chi connectivity index (χ1) is 17.5. The van der Waals surface area contributed by atoms with Gasteiger partial charge in [0, 0.05) is 24.7 Å². The second-order valence-electron chi connectivity index (χ2n) is 9.08. The van der Waals surface area contributed by atoms with Crippen LogP contribution in [0, 0.1) is 0 Å². The molecule has 36 heavy (non-hydrogen) atoms. The Balaban J connectivity index is 1.43. The Labute approximate surface area is 210 Å². The first-order valence-electron chi connectivity index (χ1n) is 12.3. The van der Waals surface area contributed by atoms with Gasteiger partial charge in [-0.3, -0.25) is 9.59 Å². The van der Waals surface area contributed by atoms with Crippen LogP contribution in [0.5, 0.6) is 0 Å². The van der Waals surface area contributed by atoms with E-state index in [9.17, 15) is 19.5 Å². The molecule has 1 aromatic heterocycles. The number of carboxylic acid groups (broad SMARTS) is 1. The Kier molecular flexibility index (Phi) is 8.39. The minimum atomic E-state index is -1.26. The van der Waals surface area contributed by atoms with Crippen LogP contribution in [0.1, 0.15) is 53.8 Å². The zero-order valence-electron chi connectivity index (χ0n) is 20.1. The van der Waals surface area contributed by atoms with Crippen LogP contribution in [0.15, 0.2) is 77.4 Å². The van der Waals surface area contributed by atoms with Gasteiger partial charge in [0.15, 0.2) is 5.76 Å². The van der Waals surface area contributed by atoms with Gasteiger partial charge in [-0.05, 0) is 48.2 Å². The molecule has 1 heterocycles. The van der Waals surface area contributed by atoms with Crippen LogP contribution in [-0.2, 0) is 17.8 Å². The molecule has 3 N–H and O–H groups in total. The summed E-state index contributed by atoms with van der Waals surface area (Å²) in [4.78, 5) is 39.1. The van der Waals surface area contributed by atoms with Crippen molar-refractivity contribution in [3.8, 4) is 0 Å². The topological polar surface area (TPSA) is 112 Å². The lowest BCUT2D eigenvalue weighted by molar-refractivity contribution is -0.118. The quantitative estimate of drug-likeness (QED) is 0.388. The second-order valence-corrected chi connectivity index (χ2v) is 9.08. The normalized spacial score (nSPS) is 14.6. The molecule has 1 aliphatic carbocycles. The first-order valence-corrected chi connectivity index (χ1v) is 12.3. The van der Waals surface area contributed by atoms with E-state index in [2.05, 4.69) is 10.6 Å². The van der Waals surface area contributed by atoms with Crippen molar-refractivity contribution in [1.29, 1.82) is 0 Å². The zero-order valence-corrected chi connectivity index (χ0v) is 20.1. The summed E-state index contributed by atoms with van der Waals surface area (Å²) >= 11 is 0. The predicted molar refractivity (Wildman–Crippen MR) is 136 cm³/mol. The third-order valence-electron chi connectivity index (χ3n) is 6.48. The van der Waals surface area contributed by atoms with Gasteiger partial charge < -0.3 is 25.1 Å². The van der Waals surface area contributed by atoms with Crippen LogP contribution in [0.25, 0.3) is 0 Å². The standard InChI is InChI=1S/C28H31N3O5/c32-26(24(30-28(34)35)18-20-8-3-1-4-9-20)29-22-15-13-21(14-16-22)19-31(23-10-5-2-6-11-23)27(33)25-12-7-17-36-25/h1,3-4,7-9,12-17,23-24,30H,2,5-6,10-11,18-19H2,(H,29,32)(H,34,35). The minimum Gasteiger partial charge on any atom is -0.465 e. The fraction of sp³-hybridized carbons (Fsp3) is 0.321. The number of rotatable bonds is 9. The molecule has 3 amide bonds. The van der Waals surface area contributed by atoms with Crippen molar-refractivity contribution in [2.75, 3.05) is 5.32 Å². The van der Waals surface area contributed by atoms with E-state index in [4.69, 9.17) is 4.42 Å². The smallest absolute Gasteiger partial charge is 0.405 e. The molecule has 0 aliphatic heterocycles. The molecule has 1 saturated carbocycles. The zero-order chi connectivity index (χ0) is 25.3.